The average Bonchev–Trinajstić information content (AvgIpc) is 2.31. The Hall–Kier alpha value is -1.83. The Kier molecular flexibility index (Phi) is 4.71. The van der Waals surface area contributed by atoms with Gasteiger partial charge in [0.1, 0.15) is 0 Å². The fourth-order valence-corrected chi connectivity index (χ4v) is 1.44. The first kappa shape index (κ1) is 15.2. The summed E-state index contributed by atoms with van der Waals surface area (Å²) >= 11 is 0. The Morgan fingerprint density at radius 3 is 2.58 bits per heavy atom. The maximum absolute atomic E-state index is 12.2. The van der Waals surface area contributed by atoms with E-state index in [4.69, 9.17) is 5.73 Å². The first-order chi connectivity index (χ1) is 8.76. The van der Waals surface area contributed by atoms with Gasteiger partial charge in [0.2, 0.25) is 5.88 Å². The third kappa shape index (κ3) is 4.40. The van der Waals surface area contributed by atoms with Crippen molar-refractivity contribution in [2.24, 2.45) is 5.73 Å². The van der Waals surface area contributed by atoms with Crippen LogP contribution >= 0.6 is 0 Å². The molecule has 0 fully saturated rings. The second kappa shape index (κ2) is 5.87. The van der Waals surface area contributed by atoms with Crippen LogP contribution in [0, 0.1) is 6.92 Å². The third-order valence-electron chi connectivity index (χ3n) is 2.31. The average molecular weight is 278 g/mol. The van der Waals surface area contributed by atoms with Crippen LogP contribution in [0.3, 0.4) is 0 Å². The number of carbonyl (C=O) groups excluding carboxylic acids is 1. The summed E-state index contributed by atoms with van der Waals surface area (Å²) in [5, 5.41) is 0. The van der Waals surface area contributed by atoms with Gasteiger partial charge >= 0.3 is 12.3 Å². The number of hydrogen-bond donors (Lipinski definition) is 1. The molecule has 106 valence electrons. The second-order valence-electron chi connectivity index (χ2n) is 3.72. The van der Waals surface area contributed by atoms with Crippen LogP contribution in [-0.4, -0.2) is 24.4 Å². The van der Waals surface area contributed by atoms with Crippen LogP contribution in [0.15, 0.2) is 6.07 Å². The van der Waals surface area contributed by atoms with Gasteiger partial charge in [-0.1, -0.05) is 0 Å². The fourth-order valence-electron chi connectivity index (χ4n) is 1.44. The van der Waals surface area contributed by atoms with Crippen molar-refractivity contribution in [3.05, 3.63) is 22.9 Å². The van der Waals surface area contributed by atoms with Gasteiger partial charge in [0.15, 0.2) is 0 Å². The Morgan fingerprint density at radius 2 is 2.11 bits per heavy atom. The van der Waals surface area contributed by atoms with Crippen molar-refractivity contribution in [2.45, 2.75) is 26.3 Å². The molecular formula is C11H13F3N2O3. The van der Waals surface area contributed by atoms with Gasteiger partial charge in [-0.05, 0) is 18.6 Å². The predicted octanol–water partition coefficient (Wildman–Crippen LogP) is 1.46. The lowest BCUT2D eigenvalue weighted by Gasteiger charge is -2.14. The minimum Gasteiger partial charge on any atom is -0.469 e. The normalized spacial score (nSPS) is 11.3. The first-order valence-electron chi connectivity index (χ1n) is 5.29. The molecule has 2 N–H and O–H groups in total. The van der Waals surface area contributed by atoms with Crippen molar-refractivity contribution in [1.29, 1.82) is 0 Å². The zero-order valence-electron chi connectivity index (χ0n) is 10.4. The fraction of sp³-hybridized carbons (Fsp3) is 0.455. The molecule has 8 heteroatoms. The SMILES string of the molecule is COC(=O)Cc1nc(OC(F)(F)F)c(C)cc1CN. The highest BCUT2D eigenvalue weighted by Crippen LogP contribution is 2.26. The summed E-state index contributed by atoms with van der Waals surface area (Å²) in [4.78, 5) is 14.9. The van der Waals surface area contributed by atoms with Gasteiger partial charge < -0.3 is 15.2 Å². The quantitative estimate of drug-likeness (QED) is 0.844. The number of nitrogens with two attached hydrogens (primary N) is 1. The molecule has 1 aromatic heterocycles. The molecule has 0 radical (unpaired) electrons. The number of pyridine rings is 1. The summed E-state index contributed by atoms with van der Waals surface area (Å²) in [6.45, 7) is 1.46. The van der Waals surface area contributed by atoms with Gasteiger partial charge in [-0.2, -0.15) is 0 Å². The van der Waals surface area contributed by atoms with Crippen molar-refractivity contribution in [2.75, 3.05) is 7.11 Å². The summed E-state index contributed by atoms with van der Waals surface area (Å²) in [5.74, 6) is -1.22. The van der Waals surface area contributed by atoms with Crippen molar-refractivity contribution in [1.82, 2.24) is 4.98 Å². The number of esters is 1. The van der Waals surface area contributed by atoms with Crippen LogP contribution in [0.1, 0.15) is 16.8 Å². The number of methoxy groups -OCH3 is 1. The Balaban J connectivity index is 3.14. The maximum atomic E-state index is 12.2. The molecule has 0 aliphatic carbocycles. The molecule has 0 atom stereocenters. The molecule has 5 nitrogen and oxygen atoms in total. The highest BCUT2D eigenvalue weighted by atomic mass is 19.4. The van der Waals surface area contributed by atoms with Gasteiger partial charge in [0.25, 0.3) is 0 Å². The van der Waals surface area contributed by atoms with E-state index < -0.39 is 18.2 Å². The van der Waals surface area contributed by atoms with Gasteiger partial charge in [-0.3, -0.25) is 4.79 Å². The Labute approximate surface area is 107 Å². The number of hydrogen-bond acceptors (Lipinski definition) is 5. The van der Waals surface area contributed by atoms with E-state index in [1.807, 2.05) is 0 Å². The van der Waals surface area contributed by atoms with Crippen molar-refractivity contribution in [3.63, 3.8) is 0 Å². The maximum Gasteiger partial charge on any atom is 0.574 e. The topological polar surface area (TPSA) is 74.4 Å². The van der Waals surface area contributed by atoms with Gasteiger partial charge in [-0.15, -0.1) is 13.2 Å². The number of halogens is 3. The number of aromatic nitrogens is 1. The lowest BCUT2D eigenvalue weighted by molar-refractivity contribution is -0.276. The highest BCUT2D eigenvalue weighted by Gasteiger charge is 2.33. The minimum absolute atomic E-state index is 0.0481. The molecule has 0 aliphatic rings. The molecule has 0 aliphatic heterocycles. The Morgan fingerprint density at radius 1 is 1.47 bits per heavy atom. The van der Waals surface area contributed by atoms with E-state index in [-0.39, 0.29) is 24.2 Å². The predicted molar refractivity (Wildman–Crippen MR) is 59.3 cm³/mol. The van der Waals surface area contributed by atoms with Crippen LogP contribution in [0.25, 0.3) is 0 Å². The number of ether oxygens (including phenoxy) is 2. The van der Waals surface area contributed by atoms with Crippen molar-refractivity contribution < 1.29 is 27.4 Å². The molecule has 0 saturated carbocycles. The lowest BCUT2D eigenvalue weighted by Crippen LogP contribution is -2.20. The summed E-state index contributed by atoms with van der Waals surface area (Å²) in [6, 6.07) is 1.41. The van der Waals surface area contributed by atoms with Crippen LogP contribution in [-0.2, 0) is 22.5 Å². The third-order valence-corrected chi connectivity index (χ3v) is 2.31. The van der Waals surface area contributed by atoms with E-state index in [0.29, 0.717) is 5.56 Å². The van der Waals surface area contributed by atoms with E-state index in [0.717, 1.165) is 0 Å². The molecule has 0 bridgehead atoms. The van der Waals surface area contributed by atoms with Crippen LogP contribution < -0.4 is 10.5 Å². The summed E-state index contributed by atoms with van der Waals surface area (Å²) in [6.07, 6.45) is -5.11. The van der Waals surface area contributed by atoms with Crippen LogP contribution in [0.5, 0.6) is 5.88 Å². The van der Waals surface area contributed by atoms with Crippen molar-refractivity contribution >= 4 is 5.97 Å². The standard InChI is InChI=1S/C11H13F3N2O3/c1-6-3-7(5-15)8(4-9(17)18-2)16-10(6)19-11(12,13)14/h3H,4-5,15H2,1-2H3. The summed E-state index contributed by atoms with van der Waals surface area (Å²) < 4.78 is 44.8. The van der Waals surface area contributed by atoms with E-state index in [1.165, 1.54) is 20.1 Å². The number of alkyl halides is 3. The van der Waals surface area contributed by atoms with Gasteiger partial charge in [-0.25, -0.2) is 4.98 Å². The van der Waals surface area contributed by atoms with Crippen LogP contribution in [0.4, 0.5) is 13.2 Å². The van der Waals surface area contributed by atoms with Gasteiger partial charge in [0.05, 0.1) is 19.2 Å². The number of rotatable bonds is 4. The summed E-state index contributed by atoms with van der Waals surface area (Å²) in [5.41, 5.74) is 6.23. The number of carbonyl (C=O) groups is 1. The molecule has 1 aromatic rings. The molecular weight excluding hydrogens is 265 g/mol. The van der Waals surface area contributed by atoms with Crippen molar-refractivity contribution in [3.8, 4) is 5.88 Å². The zero-order chi connectivity index (χ0) is 14.6. The molecule has 19 heavy (non-hydrogen) atoms. The molecule has 0 unspecified atom stereocenters. The molecule has 0 aromatic carbocycles. The second-order valence-corrected chi connectivity index (χ2v) is 3.72. The molecule has 0 saturated heterocycles. The van der Waals surface area contributed by atoms with E-state index >= 15 is 0 Å². The molecule has 0 spiro atoms. The molecule has 1 rings (SSSR count). The first-order valence-corrected chi connectivity index (χ1v) is 5.29. The van der Waals surface area contributed by atoms with E-state index in [2.05, 4.69) is 14.5 Å². The van der Waals surface area contributed by atoms with E-state index in [1.54, 1.807) is 0 Å². The largest absolute Gasteiger partial charge is 0.574 e. The minimum atomic E-state index is -4.84. The van der Waals surface area contributed by atoms with Gasteiger partial charge in [0, 0.05) is 12.1 Å². The number of nitrogens with zero attached hydrogens (tertiary/aromatic N) is 1. The zero-order valence-corrected chi connectivity index (χ0v) is 10.4. The Bertz CT molecular complexity index is 475. The summed E-state index contributed by atoms with van der Waals surface area (Å²) in [7, 11) is 1.17. The smallest absolute Gasteiger partial charge is 0.469 e. The monoisotopic (exact) mass is 278 g/mol. The van der Waals surface area contributed by atoms with Crippen LogP contribution in [0.2, 0.25) is 0 Å². The highest BCUT2D eigenvalue weighted by molar-refractivity contribution is 5.72. The molecule has 1 heterocycles. The number of aryl methyl sites for hydroxylation is 1. The molecule has 0 amide bonds. The van der Waals surface area contributed by atoms with E-state index in [9.17, 15) is 18.0 Å². The lowest BCUT2D eigenvalue weighted by atomic mass is 10.1.